The van der Waals surface area contributed by atoms with Gasteiger partial charge in [0, 0.05) is 17.0 Å². The Labute approximate surface area is 115 Å². The van der Waals surface area contributed by atoms with Gasteiger partial charge in [0.15, 0.2) is 5.78 Å². The molecule has 0 amide bonds. The highest BCUT2D eigenvalue weighted by atomic mass is 35.5. The summed E-state index contributed by atoms with van der Waals surface area (Å²) in [7, 11) is 0. The second kappa shape index (κ2) is 6.12. The summed E-state index contributed by atoms with van der Waals surface area (Å²) >= 11 is 5.69. The van der Waals surface area contributed by atoms with Gasteiger partial charge in [0.25, 0.3) is 5.69 Å². The van der Waals surface area contributed by atoms with Crippen molar-refractivity contribution < 1.29 is 9.72 Å². The van der Waals surface area contributed by atoms with Crippen molar-refractivity contribution in [3.8, 4) is 6.07 Å². The van der Waals surface area contributed by atoms with E-state index in [4.69, 9.17) is 16.9 Å². The van der Waals surface area contributed by atoms with E-state index in [1.807, 2.05) is 0 Å². The van der Waals surface area contributed by atoms with Crippen LogP contribution in [0.5, 0.6) is 0 Å². The van der Waals surface area contributed by atoms with Crippen LogP contribution in [0.3, 0.4) is 0 Å². The monoisotopic (exact) mass is 278 g/mol. The van der Waals surface area contributed by atoms with Gasteiger partial charge in [-0.25, -0.2) is 0 Å². The van der Waals surface area contributed by atoms with Gasteiger partial charge in [-0.15, -0.1) is 0 Å². The second-order valence-electron chi connectivity index (χ2n) is 4.15. The smallest absolute Gasteiger partial charge is 0.278 e. The van der Waals surface area contributed by atoms with E-state index in [0.717, 1.165) is 0 Å². The lowest BCUT2D eigenvalue weighted by Crippen LogP contribution is -2.09. The molecule has 0 aliphatic heterocycles. The van der Waals surface area contributed by atoms with Crippen LogP contribution in [-0.4, -0.2) is 10.7 Å². The van der Waals surface area contributed by atoms with E-state index in [0.29, 0.717) is 0 Å². The number of allylic oxidation sites excluding steroid dienone is 1. The molecule has 0 saturated heterocycles. The Hall–Kier alpha value is -2.19. The first-order valence-electron chi connectivity index (χ1n) is 5.46. The molecule has 0 heterocycles. The van der Waals surface area contributed by atoms with E-state index in [9.17, 15) is 14.9 Å². The number of nitro benzene ring substituents is 1. The normalized spacial score (nSPS) is 11.2. The van der Waals surface area contributed by atoms with Crippen LogP contribution in [0.1, 0.15) is 19.4 Å². The lowest BCUT2D eigenvalue weighted by Gasteiger charge is -2.03. The van der Waals surface area contributed by atoms with Crippen molar-refractivity contribution in [2.45, 2.75) is 13.8 Å². The fraction of sp³-hybridized carbons (Fsp3) is 0.231. The van der Waals surface area contributed by atoms with Crippen LogP contribution in [0.4, 0.5) is 5.69 Å². The van der Waals surface area contributed by atoms with Gasteiger partial charge in [-0.1, -0.05) is 25.4 Å². The Bertz CT molecular complexity index is 600. The van der Waals surface area contributed by atoms with Crippen LogP contribution < -0.4 is 0 Å². The number of nitriles is 1. The van der Waals surface area contributed by atoms with Gasteiger partial charge in [0.2, 0.25) is 0 Å². The first kappa shape index (κ1) is 14.9. The molecule has 1 aromatic rings. The molecule has 0 bridgehead atoms. The molecule has 0 saturated carbocycles. The number of rotatable bonds is 4. The molecule has 98 valence electrons. The number of carbonyl (C=O) groups excluding carboxylic acids is 1. The molecule has 0 aliphatic carbocycles. The molecular weight excluding hydrogens is 268 g/mol. The summed E-state index contributed by atoms with van der Waals surface area (Å²) in [5.41, 5.74) is -0.169. The van der Waals surface area contributed by atoms with Crippen molar-refractivity contribution in [3.63, 3.8) is 0 Å². The first-order valence-corrected chi connectivity index (χ1v) is 5.84. The third kappa shape index (κ3) is 3.63. The zero-order valence-corrected chi connectivity index (χ0v) is 11.1. The van der Waals surface area contributed by atoms with E-state index >= 15 is 0 Å². The zero-order chi connectivity index (χ0) is 14.6. The summed E-state index contributed by atoms with van der Waals surface area (Å²) in [4.78, 5) is 22.0. The van der Waals surface area contributed by atoms with Gasteiger partial charge in [-0.2, -0.15) is 5.26 Å². The van der Waals surface area contributed by atoms with Gasteiger partial charge < -0.3 is 0 Å². The van der Waals surface area contributed by atoms with Crippen LogP contribution in [0.2, 0.25) is 5.02 Å². The fourth-order valence-electron chi connectivity index (χ4n) is 1.42. The fourth-order valence-corrected chi connectivity index (χ4v) is 1.59. The summed E-state index contributed by atoms with van der Waals surface area (Å²) in [6.07, 6.45) is 1.22. The molecule has 0 atom stereocenters. The Morgan fingerprint density at radius 3 is 2.63 bits per heavy atom. The predicted octanol–water partition coefficient (Wildman–Crippen LogP) is 3.38. The Morgan fingerprint density at radius 2 is 2.16 bits per heavy atom. The van der Waals surface area contributed by atoms with Gasteiger partial charge >= 0.3 is 0 Å². The molecule has 0 unspecified atom stereocenters. The SMILES string of the molecule is CC(C)C(=O)C(C#N)=Cc1ccc(Cl)cc1[N+](=O)[O-]. The number of nitro groups is 1. The third-order valence-electron chi connectivity index (χ3n) is 2.40. The van der Waals surface area contributed by atoms with Crippen molar-refractivity contribution >= 4 is 29.1 Å². The lowest BCUT2D eigenvalue weighted by atomic mass is 9.99. The molecule has 0 aromatic heterocycles. The number of ketones is 1. The van der Waals surface area contributed by atoms with Gasteiger partial charge in [0.05, 0.1) is 16.1 Å². The molecule has 1 rings (SSSR count). The second-order valence-corrected chi connectivity index (χ2v) is 4.59. The maximum atomic E-state index is 11.7. The highest BCUT2D eigenvalue weighted by molar-refractivity contribution is 6.30. The van der Waals surface area contributed by atoms with E-state index in [1.165, 1.54) is 24.3 Å². The number of halogens is 1. The summed E-state index contributed by atoms with van der Waals surface area (Å²) < 4.78 is 0. The van der Waals surface area contributed by atoms with E-state index in [-0.39, 0.29) is 33.5 Å². The zero-order valence-electron chi connectivity index (χ0n) is 10.4. The number of benzene rings is 1. The van der Waals surface area contributed by atoms with Crippen LogP contribution in [0.25, 0.3) is 6.08 Å². The topological polar surface area (TPSA) is 84.0 Å². The summed E-state index contributed by atoms with van der Waals surface area (Å²) in [5.74, 6) is -0.705. The molecule has 6 heteroatoms. The van der Waals surface area contributed by atoms with Gasteiger partial charge in [-0.05, 0) is 18.2 Å². The maximum absolute atomic E-state index is 11.7. The molecule has 5 nitrogen and oxygen atoms in total. The summed E-state index contributed by atoms with van der Waals surface area (Å²) in [5, 5.41) is 20.1. The van der Waals surface area contributed by atoms with Crippen molar-refractivity contribution in [1.29, 1.82) is 5.26 Å². The van der Waals surface area contributed by atoms with Crippen LogP contribution in [-0.2, 0) is 4.79 Å². The minimum absolute atomic E-state index is 0.111. The summed E-state index contributed by atoms with van der Waals surface area (Å²) in [6.45, 7) is 3.31. The maximum Gasteiger partial charge on any atom is 0.278 e. The number of carbonyl (C=O) groups is 1. The summed E-state index contributed by atoms with van der Waals surface area (Å²) in [6, 6.07) is 5.83. The average Bonchev–Trinajstić information content (AvgIpc) is 2.36. The molecule has 0 radical (unpaired) electrons. The van der Waals surface area contributed by atoms with Crippen molar-refractivity contribution in [1.82, 2.24) is 0 Å². The molecule has 0 N–H and O–H groups in total. The van der Waals surface area contributed by atoms with Crippen molar-refractivity contribution in [2.75, 3.05) is 0 Å². The molecule has 1 aromatic carbocycles. The van der Waals surface area contributed by atoms with Gasteiger partial charge in [0.1, 0.15) is 6.07 Å². The Balaban J connectivity index is 3.35. The molecule has 19 heavy (non-hydrogen) atoms. The number of hydrogen-bond donors (Lipinski definition) is 0. The van der Waals surface area contributed by atoms with Crippen LogP contribution in [0.15, 0.2) is 23.8 Å². The number of hydrogen-bond acceptors (Lipinski definition) is 4. The van der Waals surface area contributed by atoms with E-state index in [1.54, 1.807) is 19.9 Å². The van der Waals surface area contributed by atoms with Crippen LogP contribution >= 0.6 is 11.6 Å². The van der Waals surface area contributed by atoms with Crippen molar-refractivity contribution in [2.24, 2.45) is 5.92 Å². The first-order chi connectivity index (χ1) is 8.86. The van der Waals surface area contributed by atoms with Gasteiger partial charge in [-0.3, -0.25) is 14.9 Å². The molecule has 0 aliphatic rings. The third-order valence-corrected chi connectivity index (χ3v) is 2.63. The highest BCUT2D eigenvalue weighted by Crippen LogP contribution is 2.25. The van der Waals surface area contributed by atoms with E-state index < -0.39 is 4.92 Å². The average molecular weight is 279 g/mol. The Kier molecular flexibility index (Phi) is 4.79. The van der Waals surface area contributed by atoms with E-state index in [2.05, 4.69) is 0 Å². The quantitative estimate of drug-likeness (QED) is 0.366. The Morgan fingerprint density at radius 1 is 1.53 bits per heavy atom. The predicted molar refractivity (Wildman–Crippen MR) is 71.5 cm³/mol. The molecule has 0 fully saturated rings. The van der Waals surface area contributed by atoms with Crippen molar-refractivity contribution in [3.05, 3.63) is 44.5 Å². The minimum atomic E-state index is -0.605. The molecule has 0 spiro atoms. The van der Waals surface area contributed by atoms with Crippen LogP contribution in [0, 0.1) is 27.4 Å². The molecular formula is C13H11ClN2O3. The lowest BCUT2D eigenvalue weighted by molar-refractivity contribution is -0.385. The number of Topliss-reactive ketones (excluding diaryl/α,β-unsaturated/α-hetero) is 1. The standard InChI is InChI=1S/C13H11ClN2O3/c1-8(2)13(17)10(7-15)5-9-3-4-11(14)6-12(9)16(18)19/h3-6,8H,1-2H3. The largest absolute Gasteiger partial charge is 0.293 e. The number of nitrogens with zero attached hydrogens (tertiary/aromatic N) is 2. The minimum Gasteiger partial charge on any atom is -0.293 e. The highest BCUT2D eigenvalue weighted by Gasteiger charge is 2.17.